The van der Waals surface area contributed by atoms with Crippen LogP contribution >= 0.6 is 11.6 Å². The highest BCUT2D eigenvalue weighted by Gasteiger charge is 2.34. The minimum atomic E-state index is -0.420. The highest BCUT2D eigenvalue weighted by molar-refractivity contribution is 6.31. The minimum absolute atomic E-state index is 0.0207. The van der Waals surface area contributed by atoms with Crippen LogP contribution < -0.4 is 10.1 Å². The van der Waals surface area contributed by atoms with Crippen LogP contribution in [0.2, 0.25) is 5.02 Å². The third-order valence-electron chi connectivity index (χ3n) is 6.49. The van der Waals surface area contributed by atoms with Gasteiger partial charge in [0.15, 0.2) is 5.65 Å². The first-order chi connectivity index (χ1) is 15.9. The molecule has 9 heteroatoms. The molecular weight excluding hydrogens is 445 g/mol. The summed E-state index contributed by atoms with van der Waals surface area (Å²) in [4.78, 5) is 19.7. The molecule has 0 radical (unpaired) electrons. The van der Waals surface area contributed by atoms with E-state index in [1.807, 2.05) is 13.8 Å². The van der Waals surface area contributed by atoms with Gasteiger partial charge in [-0.05, 0) is 51.8 Å². The summed E-state index contributed by atoms with van der Waals surface area (Å²) in [5.74, 6) is -0.325. The second kappa shape index (κ2) is 8.57. The Hall–Kier alpha value is -2.71. The molecule has 3 heterocycles. The Morgan fingerprint density at radius 1 is 1.30 bits per heavy atom. The molecule has 1 amide bonds. The minimum Gasteiger partial charge on any atom is -0.489 e. The topological polar surface area (TPSA) is 71.8 Å². The first-order valence-electron chi connectivity index (χ1n) is 11.4. The largest absolute Gasteiger partial charge is 0.489 e. The van der Waals surface area contributed by atoms with Crippen LogP contribution in [0.1, 0.15) is 59.2 Å². The van der Waals surface area contributed by atoms with Gasteiger partial charge in [0.2, 0.25) is 0 Å². The summed E-state index contributed by atoms with van der Waals surface area (Å²) >= 11 is 6.32. The maximum Gasteiger partial charge on any atom is 0.258 e. The maximum atomic E-state index is 14.0. The number of carbonyl (C=O) groups is 1. The van der Waals surface area contributed by atoms with E-state index in [0.717, 1.165) is 54.1 Å². The molecule has 0 unspecified atom stereocenters. The van der Waals surface area contributed by atoms with Crippen LogP contribution in [-0.2, 0) is 13.1 Å². The molecule has 1 aliphatic heterocycles. The van der Waals surface area contributed by atoms with Gasteiger partial charge in [-0.2, -0.15) is 5.10 Å². The zero-order valence-corrected chi connectivity index (χ0v) is 19.7. The molecule has 1 fully saturated rings. The lowest BCUT2D eigenvalue weighted by molar-refractivity contribution is 0.0701. The molecule has 0 saturated heterocycles. The van der Waals surface area contributed by atoms with Gasteiger partial charge in [0.25, 0.3) is 5.91 Å². The molecule has 0 atom stereocenters. The van der Waals surface area contributed by atoms with Crippen molar-refractivity contribution >= 4 is 23.2 Å². The lowest BCUT2D eigenvalue weighted by Gasteiger charge is -2.36. The van der Waals surface area contributed by atoms with E-state index in [9.17, 15) is 9.18 Å². The van der Waals surface area contributed by atoms with Gasteiger partial charge in [-0.3, -0.25) is 4.79 Å². The number of aromatic nitrogens is 3. The summed E-state index contributed by atoms with van der Waals surface area (Å²) in [7, 11) is 0. The summed E-state index contributed by atoms with van der Waals surface area (Å²) in [6.45, 7) is 7.61. The highest BCUT2D eigenvalue weighted by Crippen LogP contribution is 2.33. The first-order valence-corrected chi connectivity index (χ1v) is 11.8. The van der Waals surface area contributed by atoms with E-state index in [2.05, 4.69) is 22.3 Å². The number of amides is 1. The fourth-order valence-electron chi connectivity index (χ4n) is 4.55. The summed E-state index contributed by atoms with van der Waals surface area (Å²) < 4.78 is 21.8. The van der Waals surface area contributed by atoms with Gasteiger partial charge in [-0.15, -0.1) is 0 Å². The van der Waals surface area contributed by atoms with E-state index in [1.165, 1.54) is 18.2 Å². The Kier molecular flexibility index (Phi) is 5.74. The molecule has 0 spiro atoms. The molecule has 7 nitrogen and oxygen atoms in total. The van der Waals surface area contributed by atoms with Gasteiger partial charge in [0, 0.05) is 17.7 Å². The van der Waals surface area contributed by atoms with Crippen molar-refractivity contribution in [2.24, 2.45) is 0 Å². The van der Waals surface area contributed by atoms with Crippen molar-refractivity contribution in [3.8, 4) is 5.75 Å². The average molecular weight is 472 g/mol. The van der Waals surface area contributed by atoms with Gasteiger partial charge in [-0.25, -0.2) is 13.9 Å². The Balaban J connectivity index is 1.34. The number of benzene rings is 1. The van der Waals surface area contributed by atoms with Crippen molar-refractivity contribution in [1.29, 1.82) is 0 Å². The third kappa shape index (κ3) is 3.95. The van der Waals surface area contributed by atoms with Gasteiger partial charge in [-0.1, -0.05) is 18.5 Å². The van der Waals surface area contributed by atoms with Crippen LogP contribution in [0.4, 0.5) is 4.39 Å². The number of fused-ring (bicyclic) bond motifs is 3. The number of ether oxygens (including phenoxy) is 1. The highest BCUT2D eigenvalue weighted by atomic mass is 35.5. The maximum absolute atomic E-state index is 14.0. The van der Waals surface area contributed by atoms with Crippen LogP contribution in [0.5, 0.6) is 5.75 Å². The molecule has 33 heavy (non-hydrogen) atoms. The Morgan fingerprint density at radius 2 is 2.09 bits per heavy atom. The van der Waals surface area contributed by atoms with E-state index in [4.69, 9.17) is 16.3 Å². The number of nitrogens with zero attached hydrogens (tertiary/aromatic N) is 4. The van der Waals surface area contributed by atoms with Crippen LogP contribution in [0, 0.1) is 19.7 Å². The first kappa shape index (κ1) is 22.1. The fraction of sp³-hybridized carbons (Fsp3) is 0.458. The lowest BCUT2D eigenvalue weighted by Crippen LogP contribution is -2.47. The second-order valence-corrected chi connectivity index (χ2v) is 9.30. The molecule has 5 rings (SSSR count). The monoisotopic (exact) mass is 471 g/mol. The second-order valence-electron chi connectivity index (χ2n) is 8.92. The molecule has 174 valence electrons. The number of carbonyl (C=O) groups excluding carboxylic acids is 1. The molecule has 2 aliphatic rings. The predicted octanol–water partition coefficient (Wildman–Crippen LogP) is 4.20. The van der Waals surface area contributed by atoms with E-state index < -0.39 is 5.82 Å². The summed E-state index contributed by atoms with van der Waals surface area (Å²) in [6.07, 6.45) is 2.76. The molecular formula is C24H27ClFN5O2. The number of aryl methyl sites for hydroxylation is 2. The normalized spacial score (nSPS) is 19.6. The van der Waals surface area contributed by atoms with Crippen molar-refractivity contribution in [2.75, 3.05) is 6.54 Å². The zero-order valence-electron chi connectivity index (χ0n) is 19.0. The predicted molar refractivity (Wildman–Crippen MR) is 123 cm³/mol. The van der Waals surface area contributed by atoms with Crippen molar-refractivity contribution in [1.82, 2.24) is 24.8 Å². The molecule has 0 bridgehead atoms. The summed E-state index contributed by atoms with van der Waals surface area (Å²) in [5.41, 5.74) is 4.36. The number of rotatable bonds is 6. The number of hydrogen-bond acceptors (Lipinski definition) is 5. The van der Waals surface area contributed by atoms with Crippen LogP contribution in [0.15, 0.2) is 18.2 Å². The van der Waals surface area contributed by atoms with Crippen molar-refractivity contribution in [3.63, 3.8) is 0 Å². The standard InChI is InChI=1S/C24H27ClFN5O2/c1-4-7-27-16-9-17(10-16)33-21-8-15(26)5-6-18(21)24(32)30-11-19-20(12-30)29-31-14(3)22(25)13(2)28-23(19)31/h5-6,8,16-17,27H,4,7,9-12H2,1-3H3/t16-,17-. The summed E-state index contributed by atoms with van der Waals surface area (Å²) in [6, 6.07) is 4.53. The van der Waals surface area contributed by atoms with Crippen LogP contribution in [0.3, 0.4) is 0 Å². The van der Waals surface area contributed by atoms with E-state index in [0.29, 0.717) is 35.5 Å². The smallest absolute Gasteiger partial charge is 0.258 e. The van der Waals surface area contributed by atoms with Crippen molar-refractivity contribution in [3.05, 3.63) is 57.2 Å². The van der Waals surface area contributed by atoms with Crippen molar-refractivity contribution < 1.29 is 13.9 Å². The number of halogens is 2. The Morgan fingerprint density at radius 3 is 2.85 bits per heavy atom. The van der Waals surface area contributed by atoms with E-state index >= 15 is 0 Å². The zero-order chi connectivity index (χ0) is 23.3. The van der Waals surface area contributed by atoms with Gasteiger partial charge in [0.1, 0.15) is 17.7 Å². The molecule has 2 aromatic heterocycles. The van der Waals surface area contributed by atoms with E-state index in [1.54, 1.807) is 9.42 Å². The van der Waals surface area contributed by atoms with Crippen LogP contribution in [-0.4, -0.2) is 44.1 Å². The number of nitrogens with one attached hydrogen (secondary N) is 1. The summed E-state index contributed by atoms with van der Waals surface area (Å²) in [5, 5.41) is 8.69. The molecule has 1 saturated carbocycles. The van der Waals surface area contributed by atoms with Gasteiger partial charge < -0.3 is 15.0 Å². The fourth-order valence-corrected chi connectivity index (χ4v) is 4.68. The van der Waals surface area contributed by atoms with E-state index in [-0.39, 0.29) is 12.0 Å². The van der Waals surface area contributed by atoms with Crippen LogP contribution in [0.25, 0.3) is 5.65 Å². The van der Waals surface area contributed by atoms with Crippen molar-refractivity contribution in [2.45, 2.75) is 65.3 Å². The Labute approximate surface area is 196 Å². The molecule has 1 N–H and O–H groups in total. The Bertz CT molecular complexity index is 1240. The molecule has 1 aromatic carbocycles. The lowest BCUT2D eigenvalue weighted by atomic mass is 9.89. The average Bonchev–Trinajstić information content (AvgIpc) is 3.32. The van der Waals surface area contributed by atoms with Gasteiger partial charge >= 0.3 is 0 Å². The van der Waals surface area contributed by atoms with Gasteiger partial charge in [0.05, 0.1) is 40.8 Å². The molecule has 3 aromatic rings. The molecule has 1 aliphatic carbocycles. The third-order valence-corrected chi connectivity index (χ3v) is 7.04. The SMILES string of the molecule is CCCN[C@H]1C[C@H](Oc2cc(F)ccc2C(=O)N2Cc3nn4c(C)c(Cl)c(C)nc4c3C2)C1. The quantitative estimate of drug-likeness (QED) is 0.583. The number of hydrogen-bond donors (Lipinski definition) is 1.